The number of aromatic nitrogens is 1. The summed E-state index contributed by atoms with van der Waals surface area (Å²) in [6, 6.07) is 2.49. The van der Waals surface area contributed by atoms with Gasteiger partial charge in [0.25, 0.3) is 0 Å². The van der Waals surface area contributed by atoms with Crippen molar-refractivity contribution in [3.63, 3.8) is 0 Å². The number of hydrogen-bond acceptors (Lipinski definition) is 5. The molecule has 0 amide bonds. The van der Waals surface area contributed by atoms with Gasteiger partial charge in [0, 0.05) is 17.4 Å². The van der Waals surface area contributed by atoms with Gasteiger partial charge in [0.15, 0.2) is 0 Å². The maximum Gasteiger partial charge on any atom is 0.139 e. The Morgan fingerprint density at radius 1 is 1.69 bits per heavy atom. The molecule has 72 valence electrons. The van der Waals surface area contributed by atoms with Crippen molar-refractivity contribution >= 4 is 34.1 Å². The van der Waals surface area contributed by atoms with Gasteiger partial charge in [-0.25, -0.2) is 0 Å². The molecule has 1 aliphatic rings. The van der Waals surface area contributed by atoms with Crippen molar-refractivity contribution in [1.82, 2.24) is 4.37 Å². The lowest BCUT2D eigenvalue weighted by Gasteiger charge is -2.15. The van der Waals surface area contributed by atoms with E-state index in [0.717, 1.165) is 5.00 Å². The zero-order valence-corrected chi connectivity index (χ0v) is 9.12. The minimum atomic E-state index is 0.588. The first kappa shape index (κ1) is 9.15. The fraction of sp³-hybridized carbons (Fsp3) is 0.625. The van der Waals surface area contributed by atoms with E-state index in [-0.39, 0.29) is 0 Å². The molecular weight excluding hydrogens is 202 g/mol. The monoisotopic (exact) mass is 215 g/mol. The van der Waals surface area contributed by atoms with Gasteiger partial charge in [0.05, 0.1) is 0 Å². The summed E-state index contributed by atoms with van der Waals surface area (Å²) in [5.74, 6) is 1.87. The van der Waals surface area contributed by atoms with E-state index in [1.165, 1.54) is 23.7 Å². The first-order chi connectivity index (χ1) is 6.25. The van der Waals surface area contributed by atoms with Crippen molar-refractivity contribution < 1.29 is 0 Å². The number of thioether (sulfide) groups is 1. The lowest BCUT2D eigenvalue weighted by molar-refractivity contribution is 0.726. The molecule has 0 aromatic carbocycles. The normalized spacial score (nSPS) is 27.8. The Morgan fingerprint density at radius 2 is 2.54 bits per heavy atom. The number of nitrogens with two attached hydrogens (primary N) is 1. The Hall–Kier alpha value is -0.420. The van der Waals surface area contributed by atoms with E-state index < -0.39 is 0 Å². The molecule has 2 rings (SSSR count). The van der Waals surface area contributed by atoms with E-state index in [9.17, 15) is 0 Å². The van der Waals surface area contributed by atoms with Gasteiger partial charge >= 0.3 is 0 Å². The molecule has 0 aliphatic carbocycles. The quantitative estimate of drug-likeness (QED) is 0.792. The van der Waals surface area contributed by atoms with E-state index in [2.05, 4.69) is 16.6 Å². The molecule has 5 heteroatoms. The molecule has 1 saturated heterocycles. The van der Waals surface area contributed by atoms with Gasteiger partial charge in [-0.3, -0.25) is 0 Å². The topological polar surface area (TPSA) is 50.9 Å². The molecule has 1 aromatic heterocycles. The summed E-state index contributed by atoms with van der Waals surface area (Å²) in [5, 5.41) is 5.26. The van der Waals surface area contributed by atoms with Gasteiger partial charge in [0.1, 0.15) is 10.8 Å². The molecule has 2 unspecified atom stereocenters. The number of anilines is 2. The van der Waals surface area contributed by atoms with Gasteiger partial charge in [-0.05, 0) is 23.7 Å². The molecule has 2 heterocycles. The van der Waals surface area contributed by atoms with Crippen LogP contribution in [0.1, 0.15) is 13.3 Å². The zero-order valence-electron chi connectivity index (χ0n) is 7.49. The number of rotatable bonds is 2. The highest BCUT2D eigenvalue weighted by Gasteiger charge is 2.23. The molecule has 0 spiro atoms. The minimum Gasteiger partial charge on any atom is -0.383 e. The van der Waals surface area contributed by atoms with Crippen molar-refractivity contribution in [1.29, 1.82) is 0 Å². The van der Waals surface area contributed by atoms with Crippen LogP contribution in [0.15, 0.2) is 6.07 Å². The molecule has 0 bridgehead atoms. The van der Waals surface area contributed by atoms with Crippen molar-refractivity contribution in [3.8, 4) is 0 Å². The summed E-state index contributed by atoms with van der Waals surface area (Å²) in [7, 11) is 0. The molecule has 2 atom stereocenters. The summed E-state index contributed by atoms with van der Waals surface area (Å²) in [6.07, 6.45) is 1.24. The van der Waals surface area contributed by atoms with Gasteiger partial charge in [0.2, 0.25) is 0 Å². The molecule has 13 heavy (non-hydrogen) atoms. The van der Waals surface area contributed by atoms with Crippen LogP contribution in [-0.2, 0) is 0 Å². The van der Waals surface area contributed by atoms with Crippen LogP contribution in [0.4, 0.5) is 10.8 Å². The molecule has 1 aromatic rings. The van der Waals surface area contributed by atoms with Crippen LogP contribution in [-0.4, -0.2) is 21.4 Å². The lowest BCUT2D eigenvalue weighted by atomic mass is 10.2. The predicted molar refractivity (Wildman–Crippen MR) is 60.5 cm³/mol. The van der Waals surface area contributed by atoms with Gasteiger partial charge in [-0.15, -0.1) is 0 Å². The third-order valence-electron chi connectivity index (χ3n) is 2.23. The summed E-state index contributed by atoms with van der Waals surface area (Å²) < 4.78 is 4.03. The van der Waals surface area contributed by atoms with Crippen LogP contribution in [0.5, 0.6) is 0 Å². The highest BCUT2D eigenvalue weighted by Crippen LogP contribution is 2.30. The minimum absolute atomic E-state index is 0.588. The van der Waals surface area contributed by atoms with Gasteiger partial charge in [-0.1, -0.05) is 6.92 Å². The summed E-state index contributed by atoms with van der Waals surface area (Å²) in [4.78, 5) is 0. The van der Waals surface area contributed by atoms with Crippen LogP contribution in [0.25, 0.3) is 0 Å². The fourth-order valence-corrected chi connectivity index (χ4v) is 3.29. The molecule has 0 saturated carbocycles. The van der Waals surface area contributed by atoms with Crippen molar-refractivity contribution in [3.05, 3.63) is 6.07 Å². The third-order valence-corrected chi connectivity index (χ3v) is 4.29. The van der Waals surface area contributed by atoms with Crippen molar-refractivity contribution in [2.45, 2.75) is 24.6 Å². The molecule has 3 nitrogen and oxygen atoms in total. The SMILES string of the molecule is CC1SCCC1Nc1cc(N)ns1. The second kappa shape index (κ2) is 3.75. The van der Waals surface area contributed by atoms with E-state index in [1.54, 1.807) is 0 Å². The first-order valence-corrected chi connectivity index (χ1v) is 6.18. The summed E-state index contributed by atoms with van der Waals surface area (Å²) >= 11 is 3.46. The Bertz CT molecular complexity index is 287. The predicted octanol–water partition coefficient (Wildman–Crippen LogP) is 2.03. The summed E-state index contributed by atoms with van der Waals surface area (Å²) in [6.45, 7) is 2.26. The Kier molecular flexibility index (Phi) is 2.64. The summed E-state index contributed by atoms with van der Waals surface area (Å²) in [5.41, 5.74) is 5.54. The smallest absolute Gasteiger partial charge is 0.139 e. The first-order valence-electron chi connectivity index (χ1n) is 4.36. The number of hydrogen-bond donors (Lipinski definition) is 2. The van der Waals surface area contributed by atoms with Crippen molar-refractivity contribution in [2.75, 3.05) is 16.8 Å². The highest BCUT2D eigenvalue weighted by molar-refractivity contribution is 8.00. The molecule has 1 fully saturated rings. The van der Waals surface area contributed by atoms with Crippen molar-refractivity contribution in [2.24, 2.45) is 0 Å². The van der Waals surface area contributed by atoms with E-state index >= 15 is 0 Å². The lowest BCUT2D eigenvalue weighted by Crippen LogP contribution is -2.23. The standard InChI is InChI=1S/C8H13N3S2/c1-5-6(2-3-12-5)10-8-4-7(9)11-13-8/h4-6,10H,2-3H2,1H3,(H2,9,11). The van der Waals surface area contributed by atoms with Crippen LogP contribution in [0, 0.1) is 0 Å². The average molecular weight is 215 g/mol. The highest BCUT2D eigenvalue weighted by atomic mass is 32.2. The number of nitrogens with zero attached hydrogens (tertiary/aromatic N) is 1. The van der Waals surface area contributed by atoms with Crippen LogP contribution in [0.3, 0.4) is 0 Å². The average Bonchev–Trinajstić information content (AvgIpc) is 2.64. The van der Waals surface area contributed by atoms with Crippen LogP contribution in [0.2, 0.25) is 0 Å². The molecular formula is C8H13N3S2. The zero-order chi connectivity index (χ0) is 9.26. The Balaban J connectivity index is 1.97. The van der Waals surface area contributed by atoms with Crippen LogP contribution < -0.4 is 11.1 Å². The second-order valence-corrected chi connectivity index (χ2v) is 5.52. The molecule has 1 aliphatic heterocycles. The van der Waals surface area contributed by atoms with Crippen LogP contribution >= 0.6 is 23.3 Å². The fourth-order valence-electron chi connectivity index (χ4n) is 1.46. The van der Waals surface area contributed by atoms with Gasteiger partial charge in [-0.2, -0.15) is 16.1 Å². The van der Waals surface area contributed by atoms with E-state index in [4.69, 9.17) is 5.73 Å². The molecule has 0 radical (unpaired) electrons. The molecule has 3 N–H and O–H groups in total. The van der Waals surface area contributed by atoms with E-state index in [0.29, 0.717) is 17.1 Å². The van der Waals surface area contributed by atoms with E-state index in [1.807, 2.05) is 17.8 Å². The largest absolute Gasteiger partial charge is 0.383 e. The maximum atomic E-state index is 5.54. The third kappa shape index (κ3) is 2.08. The Labute approximate surface area is 86.3 Å². The number of nitrogen functional groups attached to an aromatic ring is 1. The maximum absolute atomic E-state index is 5.54. The number of nitrogens with one attached hydrogen (secondary N) is 1. The van der Waals surface area contributed by atoms with Gasteiger partial charge < -0.3 is 11.1 Å². The second-order valence-electron chi connectivity index (χ2n) is 3.23. The Morgan fingerprint density at radius 3 is 3.08 bits per heavy atom.